The third-order valence-electron chi connectivity index (χ3n) is 4.18. The van der Waals surface area contributed by atoms with Crippen molar-refractivity contribution in [2.75, 3.05) is 54.5 Å². The van der Waals surface area contributed by atoms with Gasteiger partial charge in [0, 0.05) is 40.6 Å². The van der Waals surface area contributed by atoms with Crippen molar-refractivity contribution in [3.8, 4) is 11.5 Å². The summed E-state index contributed by atoms with van der Waals surface area (Å²) >= 11 is 0. The maximum atomic E-state index is 5.94. The van der Waals surface area contributed by atoms with Crippen molar-refractivity contribution < 1.29 is 26.3 Å². The molecule has 0 N–H and O–H groups in total. The van der Waals surface area contributed by atoms with Gasteiger partial charge in [0.2, 0.25) is 0 Å². The number of nitrogens with zero attached hydrogens (tertiary/aromatic N) is 3. The predicted molar refractivity (Wildman–Crippen MR) is 107 cm³/mol. The number of benzene rings is 2. The first-order chi connectivity index (χ1) is 12.5. The van der Waals surface area contributed by atoms with Crippen LogP contribution in [-0.4, -0.2) is 69.3 Å². The van der Waals surface area contributed by atoms with Gasteiger partial charge in [-0.1, -0.05) is 12.1 Å². The molecule has 1 aromatic heterocycles. The van der Waals surface area contributed by atoms with Gasteiger partial charge in [-0.25, -0.2) is 4.98 Å². The van der Waals surface area contributed by atoms with E-state index in [1.54, 1.807) is 0 Å². The molecule has 6 heteroatoms. The maximum Gasteiger partial charge on any atom is 0.145 e. The molecule has 5 nitrogen and oxygen atoms in total. The van der Waals surface area contributed by atoms with Crippen molar-refractivity contribution >= 4 is 21.8 Å². The standard InChI is InChI=1S/C21H27N3O2.Co/c1-23(2)10-12-25-18-8-9-19-17(15-18)14-16-6-5-7-20(21(16)22-19)26-13-11-24(3)4;/h5-9,14-15H,10-13H2,1-4H3;. The van der Waals surface area contributed by atoms with Crippen LogP contribution in [0, 0.1) is 0 Å². The monoisotopic (exact) mass is 412 g/mol. The normalized spacial score (nSPS) is 11.2. The number of para-hydroxylation sites is 1. The second-order valence-electron chi connectivity index (χ2n) is 6.97. The minimum absolute atomic E-state index is 0. The molecular formula is C21H27CoN3O2. The maximum absolute atomic E-state index is 5.94. The fraction of sp³-hybridized carbons (Fsp3) is 0.381. The molecule has 147 valence electrons. The van der Waals surface area contributed by atoms with E-state index >= 15 is 0 Å². The Morgan fingerprint density at radius 3 is 2.22 bits per heavy atom. The van der Waals surface area contributed by atoms with Crippen molar-refractivity contribution in [3.05, 3.63) is 42.5 Å². The number of rotatable bonds is 8. The summed E-state index contributed by atoms with van der Waals surface area (Å²) in [6.45, 7) is 3.08. The van der Waals surface area contributed by atoms with Crippen LogP contribution in [0.15, 0.2) is 42.5 Å². The van der Waals surface area contributed by atoms with Gasteiger partial charge in [0.05, 0.1) is 5.52 Å². The van der Waals surface area contributed by atoms with Crippen LogP contribution in [0.2, 0.25) is 0 Å². The molecule has 0 saturated heterocycles. The largest absolute Gasteiger partial charge is 0.492 e. The molecule has 3 aromatic rings. The minimum atomic E-state index is 0. The topological polar surface area (TPSA) is 37.8 Å². The van der Waals surface area contributed by atoms with Crippen molar-refractivity contribution in [2.24, 2.45) is 0 Å². The Morgan fingerprint density at radius 1 is 0.815 bits per heavy atom. The van der Waals surface area contributed by atoms with Crippen molar-refractivity contribution in [1.82, 2.24) is 14.8 Å². The van der Waals surface area contributed by atoms with Crippen LogP contribution in [0.1, 0.15) is 0 Å². The van der Waals surface area contributed by atoms with Gasteiger partial charge in [-0.15, -0.1) is 0 Å². The van der Waals surface area contributed by atoms with E-state index in [2.05, 4.69) is 28.0 Å². The zero-order valence-electron chi connectivity index (χ0n) is 16.4. The SMILES string of the molecule is CN(C)CCOc1ccc2nc3c(OCCN(C)C)cccc3cc2c1.[Co]. The Hall–Kier alpha value is -1.86. The van der Waals surface area contributed by atoms with Crippen LogP contribution in [0.5, 0.6) is 11.5 Å². The van der Waals surface area contributed by atoms with Gasteiger partial charge in [0.1, 0.15) is 30.2 Å². The first kappa shape index (κ1) is 21.4. The van der Waals surface area contributed by atoms with E-state index < -0.39 is 0 Å². The number of likely N-dealkylation sites (N-methyl/N-ethyl adjacent to an activating group) is 2. The molecule has 0 aliphatic rings. The number of ether oxygens (including phenoxy) is 2. The van der Waals surface area contributed by atoms with Crippen LogP contribution < -0.4 is 9.47 Å². The van der Waals surface area contributed by atoms with E-state index in [0.29, 0.717) is 13.2 Å². The molecule has 1 radical (unpaired) electrons. The molecule has 1 heterocycles. The summed E-state index contributed by atoms with van der Waals surface area (Å²) in [4.78, 5) is 9.03. The Morgan fingerprint density at radius 2 is 1.52 bits per heavy atom. The summed E-state index contributed by atoms with van der Waals surface area (Å²) in [5, 5.41) is 2.15. The van der Waals surface area contributed by atoms with E-state index in [1.165, 1.54) is 0 Å². The fourth-order valence-electron chi connectivity index (χ4n) is 2.70. The van der Waals surface area contributed by atoms with E-state index in [9.17, 15) is 0 Å². The summed E-state index contributed by atoms with van der Waals surface area (Å²) < 4.78 is 11.8. The third kappa shape index (κ3) is 5.81. The van der Waals surface area contributed by atoms with Gasteiger partial charge in [-0.2, -0.15) is 0 Å². The molecule has 3 rings (SSSR count). The molecule has 0 aliphatic carbocycles. The van der Waals surface area contributed by atoms with Crippen LogP contribution in [0.3, 0.4) is 0 Å². The number of pyridine rings is 1. The van der Waals surface area contributed by atoms with Crippen molar-refractivity contribution in [2.45, 2.75) is 0 Å². The number of aromatic nitrogens is 1. The molecule has 0 spiro atoms. The predicted octanol–water partition coefficient (Wildman–Crippen LogP) is 3.27. The van der Waals surface area contributed by atoms with Crippen molar-refractivity contribution in [1.29, 1.82) is 0 Å². The smallest absolute Gasteiger partial charge is 0.145 e. The number of hydrogen-bond donors (Lipinski definition) is 0. The van der Waals surface area contributed by atoms with Gasteiger partial charge >= 0.3 is 0 Å². The van der Waals surface area contributed by atoms with Gasteiger partial charge < -0.3 is 19.3 Å². The third-order valence-corrected chi connectivity index (χ3v) is 4.18. The van der Waals surface area contributed by atoms with E-state index in [-0.39, 0.29) is 16.8 Å². The van der Waals surface area contributed by atoms with Gasteiger partial charge in [-0.05, 0) is 58.5 Å². The molecule has 0 aliphatic heterocycles. The number of fused-ring (bicyclic) bond motifs is 2. The van der Waals surface area contributed by atoms with E-state index in [0.717, 1.165) is 46.4 Å². The molecule has 2 aromatic carbocycles. The molecule has 0 saturated carbocycles. The van der Waals surface area contributed by atoms with Crippen molar-refractivity contribution in [3.63, 3.8) is 0 Å². The van der Waals surface area contributed by atoms with Gasteiger partial charge in [-0.3, -0.25) is 0 Å². The summed E-state index contributed by atoms with van der Waals surface area (Å²) in [6, 6.07) is 14.3. The van der Waals surface area contributed by atoms with Crippen LogP contribution in [0.4, 0.5) is 0 Å². The Kier molecular flexibility index (Phi) is 7.86. The summed E-state index contributed by atoms with van der Waals surface area (Å²) in [5.74, 6) is 1.71. The molecule has 0 unspecified atom stereocenters. The van der Waals surface area contributed by atoms with E-state index in [1.807, 2.05) is 52.5 Å². The summed E-state index contributed by atoms with van der Waals surface area (Å²) in [7, 11) is 8.16. The zero-order chi connectivity index (χ0) is 18.5. The first-order valence-electron chi connectivity index (χ1n) is 8.91. The van der Waals surface area contributed by atoms with Gasteiger partial charge in [0.15, 0.2) is 0 Å². The average Bonchev–Trinajstić information content (AvgIpc) is 2.59. The number of hydrogen-bond acceptors (Lipinski definition) is 5. The minimum Gasteiger partial charge on any atom is -0.492 e. The Balaban J connectivity index is 0.00000261. The fourth-order valence-corrected chi connectivity index (χ4v) is 2.70. The van der Waals surface area contributed by atoms with Gasteiger partial charge in [0.25, 0.3) is 0 Å². The van der Waals surface area contributed by atoms with Crippen LogP contribution >= 0.6 is 0 Å². The summed E-state index contributed by atoms with van der Waals surface area (Å²) in [6.07, 6.45) is 0. The molecular weight excluding hydrogens is 385 g/mol. The molecule has 27 heavy (non-hydrogen) atoms. The quantitative estimate of drug-likeness (QED) is 0.531. The Labute approximate surface area is 171 Å². The average molecular weight is 412 g/mol. The molecule has 0 atom stereocenters. The molecule has 0 amide bonds. The van der Waals surface area contributed by atoms with Crippen LogP contribution in [0.25, 0.3) is 21.8 Å². The summed E-state index contributed by atoms with van der Waals surface area (Å²) in [5.41, 5.74) is 1.85. The molecule has 0 bridgehead atoms. The second kappa shape index (κ2) is 9.89. The second-order valence-corrected chi connectivity index (χ2v) is 6.97. The first-order valence-corrected chi connectivity index (χ1v) is 8.91. The van der Waals surface area contributed by atoms with Crippen LogP contribution in [-0.2, 0) is 16.8 Å². The zero-order valence-corrected chi connectivity index (χ0v) is 17.4. The Bertz CT molecular complexity index is 883. The van der Waals surface area contributed by atoms with E-state index in [4.69, 9.17) is 14.5 Å². The molecule has 0 fully saturated rings.